The molecule has 100 valence electrons. The zero-order chi connectivity index (χ0) is 14.2. The monoisotopic (exact) mass is 324 g/mol. The topological polar surface area (TPSA) is 34.0 Å². The van der Waals surface area contributed by atoms with Crippen molar-refractivity contribution in [3.05, 3.63) is 51.5 Å². The molecule has 1 N–H and O–H groups in total. The molecule has 1 aromatic heterocycles. The lowest BCUT2D eigenvalue weighted by Gasteiger charge is -2.10. The number of anilines is 1. The predicted molar refractivity (Wildman–Crippen MR) is 76.9 cm³/mol. The van der Waals surface area contributed by atoms with Gasteiger partial charge in [0.25, 0.3) is 5.91 Å². The number of nitrogens with zero attached hydrogens (tertiary/aromatic N) is 1. The molecule has 2 rings (SSSR count). The standard InChI is InChI=1S/C14H14BrFN2O/c1-8-6-10(15)11(16)7-12(8)17-14(19)13-5-4-9(2)18(13)3/h4-7H,1-3H3,(H,17,19). The number of halogens is 2. The minimum Gasteiger partial charge on any atom is -0.344 e. The molecule has 5 heteroatoms. The summed E-state index contributed by atoms with van der Waals surface area (Å²) in [4.78, 5) is 12.1. The first-order valence-electron chi connectivity index (χ1n) is 5.79. The first-order valence-corrected chi connectivity index (χ1v) is 6.58. The van der Waals surface area contributed by atoms with Gasteiger partial charge in [0, 0.05) is 18.4 Å². The van der Waals surface area contributed by atoms with E-state index in [0.717, 1.165) is 11.3 Å². The molecular formula is C14H14BrFN2O. The SMILES string of the molecule is Cc1cc(Br)c(F)cc1NC(=O)c1ccc(C)n1C. The Balaban J connectivity index is 2.29. The second-order valence-corrected chi connectivity index (χ2v) is 5.31. The van der Waals surface area contributed by atoms with Gasteiger partial charge in [-0.25, -0.2) is 4.39 Å². The molecule has 0 aliphatic heterocycles. The van der Waals surface area contributed by atoms with Crippen molar-refractivity contribution in [3.8, 4) is 0 Å². The summed E-state index contributed by atoms with van der Waals surface area (Å²) in [6.07, 6.45) is 0. The Morgan fingerprint density at radius 2 is 2.00 bits per heavy atom. The highest BCUT2D eigenvalue weighted by molar-refractivity contribution is 9.10. The molecule has 0 aliphatic rings. The van der Waals surface area contributed by atoms with Crippen molar-refractivity contribution in [2.45, 2.75) is 13.8 Å². The second kappa shape index (κ2) is 5.17. The summed E-state index contributed by atoms with van der Waals surface area (Å²) in [5.41, 5.74) is 2.81. The lowest BCUT2D eigenvalue weighted by molar-refractivity contribution is 0.101. The highest BCUT2D eigenvalue weighted by Gasteiger charge is 2.13. The van der Waals surface area contributed by atoms with Crippen LogP contribution in [0.2, 0.25) is 0 Å². The number of amides is 1. The Hall–Kier alpha value is -1.62. The Labute approximate surface area is 119 Å². The van der Waals surface area contributed by atoms with Crippen LogP contribution in [-0.4, -0.2) is 10.5 Å². The molecule has 1 heterocycles. The largest absolute Gasteiger partial charge is 0.344 e. The molecule has 3 nitrogen and oxygen atoms in total. The van der Waals surface area contributed by atoms with Crippen LogP contribution in [0.3, 0.4) is 0 Å². The van der Waals surface area contributed by atoms with Gasteiger partial charge in [-0.2, -0.15) is 0 Å². The van der Waals surface area contributed by atoms with E-state index in [1.54, 1.807) is 16.7 Å². The van der Waals surface area contributed by atoms with Crippen LogP contribution in [0.4, 0.5) is 10.1 Å². The molecule has 0 aliphatic carbocycles. The molecule has 19 heavy (non-hydrogen) atoms. The van der Waals surface area contributed by atoms with E-state index in [9.17, 15) is 9.18 Å². The molecule has 0 unspecified atom stereocenters. The van der Waals surface area contributed by atoms with Gasteiger partial charge >= 0.3 is 0 Å². The van der Waals surface area contributed by atoms with Gasteiger partial charge < -0.3 is 9.88 Å². The van der Waals surface area contributed by atoms with Gasteiger partial charge in [0.15, 0.2) is 0 Å². The summed E-state index contributed by atoms with van der Waals surface area (Å²) in [6.45, 7) is 3.73. The predicted octanol–water partition coefficient (Wildman–Crippen LogP) is 3.80. The van der Waals surface area contributed by atoms with E-state index in [1.807, 2.05) is 27.0 Å². The lowest BCUT2D eigenvalue weighted by atomic mass is 10.2. The fraction of sp³-hybridized carbons (Fsp3) is 0.214. The fourth-order valence-corrected chi connectivity index (χ4v) is 2.27. The Morgan fingerprint density at radius 3 is 2.58 bits per heavy atom. The number of rotatable bonds is 2. The molecule has 2 aromatic rings. The van der Waals surface area contributed by atoms with Crippen LogP contribution in [0.15, 0.2) is 28.7 Å². The Bertz CT molecular complexity index is 649. The van der Waals surface area contributed by atoms with Gasteiger partial charge in [-0.3, -0.25) is 4.79 Å². The third kappa shape index (κ3) is 2.71. The minimum absolute atomic E-state index is 0.250. The van der Waals surface area contributed by atoms with E-state index < -0.39 is 5.82 Å². The maximum absolute atomic E-state index is 13.5. The number of carbonyl (C=O) groups excluding carboxylic acids is 1. The second-order valence-electron chi connectivity index (χ2n) is 4.45. The molecule has 0 radical (unpaired) electrons. The highest BCUT2D eigenvalue weighted by atomic mass is 79.9. The smallest absolute Gasteiger partial charge is 0.272 e. The van der Waals surface area contributed by atoms with Gasteiger partial charge in [0.05, 0.1) is 4.47 Å². The fourth-order valence-electron chi connectivity index (χ4n) is 1.81. The van der Waals surface area contributed by atoms with Crippen molar-refractivity contribution in [2.24, 2.45) is 7.05 Å². The zero-order valence-corrected chi connectivity index (χ0v) is 12.5. The van der Waals surface area contributed by atoms with E-state index in [0.29, 0.717) is 15.9 Å². The van der Waals surface area contributed by atoms with Crippen molar-refractivity contribution in [1.29, 1.82) is 0 Å². The van der Waals surface area contributed by atoms with Gasteiger partial charge in [-0.05, 0) is 59.6 Å². The number of aryl methyl sites for hydroxylation is 2. The molecule has 0 atom stereocenters. The van der Waals surface area contributed by atoms with Crippen LogP contribution in [0.1, 0.15) is 21.7 Å². The van der Waals surface area contributed by atoms with Crippen molar-refractivity contribution < 1.29 is 9.18 Å². The molecule has 0 spiro atoms. The van der Waals surface area contributed by atoms with E-state index in [2.05, 4.69) is 21.2 Å². The summed E-state index contributed by atoms with van der Waals surface area (Å²) in [6, 6.07) is 6.56. The summed E-state index contributed by atoms with van der Waals surface area (Å²) in [5, 5.41) is 2.73. The van der Waals surface area contributed by atoms with Crippen LogP contribution in [-0.2, 0) is 7.05 Å². The number of aromatic nitrogens is 1. The highest BCUT2D eigenvalue weighted by Crippen LogP contribution is 2.24. The van der Waals surface area contributed by atoms with Gasteiger partial charge in [-0.1, -0.05) is 0 Å². The van der Waals surface area contributed by atoms with E-state index in [1.165, 1.54) is 6.07 Å². The van der Waals surface area contributed by atoms with Crippen LogP contribution in [0.5, 0.6) is 0 Å². The third-order valence-electron chi connectivity index (χ3n) is 3.12. The van der Waals surface area contributed by atoms with Gasteiger partial charge in [0.2, 0.25) is 0 Å². The Kier molecular flexibility index (Phi) is 3.75. The van der Waals surface area contributed by atoms with Crippen LogP contribution >= 0.6 is 15.9 Å². The molecule has 1 aromatic carbocycles. The third-order valence-corrected chi connectivity index (χ3v) is 3.73. The van der Waals surface area contributed by atoms with Crippen molar-refractivity contribution in [3.63, 3.8) is 0 Å². The quantitative estimate of drug-likeness (QED) is 0.895. The number of benzene rings is 1. The molecule has 0 saturated carbocycles. The van der Waals surface area contributed by atoms with E-state index >= 15 is 0 Å². The normalized spacial score (nSPS) is 10.6. The zero-order valence-electron chi connectivity index (χ0n) is 10.9. The summed E-state index contributed by atoms with van der Waals surface area (Å²) >= 11 is 3.11. The summed E-state index contributed by atoms with van der Waals surface area (Å²) < 4.78 is 15.7. The van der Waals surface area contributed by atoms with Crippen LogP contribution < -0.4 is 5.32 Å². The number of hydrogen-bond acceptors (Lipinski definition) is 1. The Morgan fingerprint density at radius 1 is 1.32 bits per heavy atom. The average Bonchev–Trinajstić information content (AvgIpc) is 2.67. The summed E-state index contributed by atoms with van der Waals surface area (Å²) in [7, 11) is 1.82. The van der Waals surface area contributed by atoms with Gasteiger partial charge in [-0.15, -0.1) is 0 Å². The van der Waals surface area contributed by atoms with E-state index in [4.69, 9.17) is 0 Å². The van der Waals surface area contributed by atoms with Crippen molar-refractivity contribution >= 4 is 27.5 Å². The number of hydrogen-bond donors (Lipinski definition) is 1. The van der Waals surface area contributed by atoms with Gasteiger partial charge in [0.1, 0.15) is 11.5 Å². The molecule has 0 fully saturated rings. The minimum atomic E-state index is -0.399. The molecule has 0 saturated heterocycles. The van der Waals surface area contributed by atoms with Crippen molar-refractivity contribution in [2.75, 3.05) is 5.32 Å². The first kappa shape index (κ1) is 13.8. The average molecular weight is 325 g/mol. The molecule has 0 bridgehead atoms. The van der Waals surface area contributed by atoms with Crippen LogP contribution in [0.25, 0.3) is 0 Å². The lowest BCUT2D eigenvalue weighted by Crippen LogP contribution is -2.16. The molecule has 1 amide bonds. The maximum Gasteiger partial charge on any atom is 0.272 e. The maximum atomic E-state index is 13.5. The molecular weight excluding hydrogens is 311 g/mol. The van der Waals surface area contributed by atoms with Crippen molar-refractivity contribution in [1.82, 2.24) is 4.57 Å². The first-order chi connectivity index (χ1) is 8.90. The number of nitrogens with one attached hydrogen (secondary N) is 1. The summed E-state index contributed by atoms with van der Waals surface area (Å²) in [5.74, 6) is -0.649. The van der Waals surface area contributed by atoms with E-state index in [-0.39, 0.29) is 5.91 Å². The number of carbonyl (C=O) groups is 1. The van der Waals surface area contributed by atoms with Crippen LogP contribution in [0, 0.1) is 19.7 Å².